The second kappa shape index (κ2) is 16.3. The molecule has 0 saturated carbocycles. The smallest absolute Gasteiger partial charge is 0.326 e. The third-order valence-corrected chi connectivity index (χ3v) is 4.65. The molecule has 0 aromatic rings. The highest BCUT2D eigenvalue weighted by Gasteiger charge is 2.30. The molecule has 15 heteroatoms. The number of aliphatic hydroxyl groups is 1. The van der Waals surface area contributed by atoms with E-state index in [0.29, 0.717) is 19.4 Å². The second-order valence-electron chi connectivity index (χ2n) is 7.46. The Kier molecular flexibility index (Phi) is 14.7. The summed E-state index contributed by atoms with van der Waals surface area (Å²) in [6, 6.07) is -5.58. The first-order chi connectivity index (χ1) is 15.9. The summed E-state index contributed by atoms with van der Waals surface area (Å²) in [5.74, 6) is -6.81. The number of unbranched alkanes of at least 4 members (excludes halogenated alkanes) is 1. The molecule has 0 aliphatic carbocycles. The first kappa shape index (κ1) is 30.7. The van der Waals surface area contributed by atoms with Crippen LogP contribution in [0.1, 0.15) is 44.9 Å². The minimum Gasteiger partial charge on any atom is -0.481 e. The zero-order valence-corrected chi connectivity index (χ0v) is 18.6. The third kappa shape index (κ3) is 12.7. The minimum absolute atomic E-state index is 0.0938. The highest BCUT2D eigenvalue weighted by Crippen LogP contribution is 2.06. The molecule has 0 radical (unpaired) electrons. The lowest BCUT2D eigenvalue weighted by molar-refractivity contribution is -0.144. The van der Waals surface area contributed by atoms with E-state index in [-0.39, 0.29) is 6.42 Å². The average Bonchev–Trinajstić information content (AvgIpc) is 2.77. The van der Waals surface area contributed by atoms with Gasteiger partial charge in [-0.1, -0.05) is 0 Å². The highest BCUT2D eigenvalue weighted by atomic mass is 16.4. The molecule has 0 rings (SSSR count). The van der Waals surface area contributed by atoms with Gasteiger partial charge in [-0.05, 0) is 38.6 Å². The first-order valence-electron chi connectivity index (χ1n) is 10.6. The van der Waals surface area contributed by atoms with Crippen LogP contribution in [0.2, 0.25) is 0 Å². The van der Waals surface area contributed by atoms with Crippen LogP contribution in [0.4, 0.5) is 0 Å². The predicted molar refractivity (Wildman–Crippen MR) is 115 cm³/mol. The molecular weight excluding hydrogens is 458 g/mol. The molecule has 0 aliphatic rings. The Morgan fingerprint density at radius 1 is 0.676 bits per heavy atom. The van der Waals surface area contributed by atoms with Crippen LogP contribution in [0.15, 0.2) is 0 Å². The lowest BCUT2D eigenvalue weighted by Gasteiger charge is -2.25. The maximum absolute atomic E-state index is 12.8. The number of nitrogens with two attached hydrogens (primary N) is 2. The number of carboxylic acids is 3. The summed E-state index contributed by atoms with van der Waals surface area (Å²) < 4.78 is 0. The largest absolute Gasteiger partial charge is 0.481 e. The van der Waals surface area contributed by atoms with E-state index in [0.717, 1.165) is 0 Å². The summed E-state index contributed by atoms with van der Waals surface area (Å²) in [4.78, 5) is 70.5. The number of aliphatic carboxylic acids is 3. The van der Waals surface area contributed by atoms with Gasteiger partial charge in [0.1, 0.15) is 24.2 Å². The van der Waals surface area contributed by atoms with Crippen molar-refractivity contribution < 1.29 is 49.2 Å². The summed E-state index contributed by atoms with van der Waals surface area (Å²) in [6.45, 7) is -0.367. The Bertz CT molecular complexity index is 732. The number of carbonyl (C=O) groups is 6. The number of nitrogens with one attached hydrogen (secondary N) is 3. The van der Waals surface area contributed by atoms with Gasteiger partial charge in [-0.2, -0.15) is 0 Å². The van der Waals surface area contributed by atoms with Gasteiger partial charge in [0.05, 0.1) is 6.61 Å². The van der Waals surface area contributed by atoms with Crippen molar-refractivity contribution in [1.29, 1.82) is 0 Å². The minimum atomic E-state index is -1.59. The van der Waals surface area contributed by atoms with Crippen molar-refractivity contribution in [3.8, 4) is 0 Å². The van der Waals surface area contributed by atoms with Crippen LogP contribution < -0.4 is 27.4 Å². The standard InChI is InChI=1S/C19H33N5O10/c20-8-2-1-3-11(22-16(30)10(21)9-25)17(31)23-12(4-6-14(26)27)18(32)24-13(19(33)34)5-7-15(28)29/h10-13,25H,1-9,20-21H2,(H,22,30)(H,23,31)(H,24,32)(H,26,27)(H,28,29)(H,33,34)/t10-,11-,12-,13-/m0/s1. The fraction of sp³-hybridized carbons (Fsp3) is 0.684. The Morgan fingerprint density at radius 3 is 1.56 bits per heavy atom. The molecule has 0 aromatic heterocycles. The van der Waals surface area contributed by atoms with Gasteiger partial charge in [0.25, 0.3) is 0 Å². The maximum atomic E-state index is 12.8. The molecule has 3 amide bonds. The lowest BCUT2D eigenvalue weighted by Crippen LogP contribution is -2.57. The summed E-state index contributed by atoms with van der Waals surface area (Å²) in [6.07, 6.45) is -0.931. The number of carbonyl (C=O) groups excluding carboxylic acids is 3. The summed E-state index contributed by atoms with van der Waals surface area (Å²) >= 11 is 0. The van der Waals surface area contributed by atoms with Gasteiger partial charge in [0.2, 0.25) is 17.7 Å². The summed E-state index contributed by atoms with van der Waals surface area (Å²) in [5, 5.41) is 42.7. The fourth-order valence-corrected chi connectivity index (χ4v) is 2.73. The Hall–Kier alpha value is -3.30. The van der Waals surface area contributed by atoms with Crippen molar-refractivity contribution in [1.82, 2.24) is 16.0 Å². The molecular formula is C19H33N5O10. The number of hydrogen-bond donors (Lipinski definition) is 9. The first-order valence-corrected chi connectivity index (χ1v) is 10.6. The van der Waals surface area contributed by atoms with E-state index in [1.807, 2.05) is 0 Å². The summed E-state index contributed by atoms with van der Waals surface area (Å²) in [7, 11) is 0. The zero-order valence-electron chi connectivity index (χ0n) is 18.6. The van der Waals surface area contributed by atoms with Crippen LogP contribution >= 0.6 is 0 Å². The SMILES string of the molecule is NCCCC[C@H](NC(=O)[C@@H](N)CO)C(=O)N[C@@H](CCC(=O)O)C(=O)N[C@@H](CCC(=O)O)C(=O)O. The molecule has 0 spiro atoms. The molecule has 15 nitrogen and oxygen atoms in total. The quantitative estimate of drug-likeness (QED) is 0.0853. The Morgan fingerprint density at radius 2 is 1.12 bits per heavy atom. The normalized spacial score (nSPS) is 14.2. The molecule has 0 unspecified atom stereocenters. The number of rotatable bonds is 18. The fourth-order valence-electron chi connectivity index (χ4n) is 2.73. The van der Waals surface area contributed by atoms with Gasteiger partial charge in [0.15, 0.2) is 0 Å². The van der Waals surface area contributed by atoms with E-state index < -0.39 is 92.1 Å². The molecule has 0 bridgehead atoms. The van der Waals surface area contributed by atoms with Crippen LogP contribution in [0.25, 0.3) is 0 Å². The zero-order chi connectivity index (χ0) is 26.3. The van der Waals surface area contributed by atoms with Crippen LogP contribution in [-0.4, -0.2) is 93.4 Å². The number of hydrogen-bond acceptors (Lipinski definition) is 9. The van der Waals surface area contributed by atoms with E-state index >= 15 is 0 Å². The second-order valence-corrected chi connectivity index (χ2v) is 7.46. The van der Waals surface area contributed by atoms with Crippen molar-refractivity contribution >= 4 is 35.6 Å². The topological polar surface area (TPSA) is 271 Å². The van der Waals surface area contributed by atoms with Crippen LogP contribution in [0.3, 0.4) is 0 Å². The van der Waals surface area contributed by atoms with Crippen molar-refractivity contribution in [2.24, 2.45) is 11.5 Å². The van der Waals surface area contributed by atoms with E-state index in [1.54, 1.807) is 0 Å². The van der Waals surface area contributed by atoms with Crippen molar-refractivity contribution in [3.05, 3.63) is 0 Å². The number of aliphatic hydroxyl groups excluding tert-OH is 1. The predicted octanol–water partition coefficient (Wildman–Crippen LogP) is -3.30. The molecule has 11 N–H and O–H groups in total. The molecule has 194 valence electrons. The van der Waals surface area contributed by atoms with Crippen LogP contribution in [0.5, 0.6) is 0 Å². The third-order valence-electron chi connectivity index (χ3n) is 4.65. The van der Waals surface area contributed by atoms with Gasteiger partial charge >= 0.3 is 17.9 Å². The number of amides is 3. The number of carboxylic acid groups (broad SMARTS) is 3. The lowest BCUT2D eigenvalue weighted by atomic mass is 10.0. The summed E-state index contributed by atoms with van der Waals surface area (Å²) in [5.41, 5.74) is 10.9. The van der Waals surface area contributed by atoms with Gasteiger partial charge < -0.3 is 47.8 Å². The average molecular weight is 491 g/mol. The van der Waals surface area contributed by atoms with Crippen molar-refractivity contribution in [2.45, 2.75) is 69.1 Å². The van der Waals surface area contributed by atoms with Crippen molar-refractivity contribution in [3.63, 3.8) is 0 Å². The monoisotopic (exact) mass is 491 g/mol. The highest BCUT2D eigenvalue weighted by molar-refractivity contribution is 5.94. The molecule has 34 heavy (non-hydrogen) atoms. The van der Waals surface area contributed by atoms with Gasteiger partial charge in [0, 0.05) is 12.8 Å². The molecule has 0 aromatic carbocycles. The molecule has 0 heterocycles. The molecule has 0 aliphatic heterocycles. The van der Waals surface area contributed by atoms with Crippen LogP contribution in [-0.2, 0) is 28.8 Å². The molecule has 4 atom stereocenters. The maximum Gasteiger partial charge on any atom is 0.326 e. The molecule has 0 saturated heterocycles. The van der Waals surface area contributed by atoms with E-state index in [4.69, 9.17) is 26.8 Å². The van der Waals surface area contributed by atoms with Gasteiger partial charge in [-0.3, -0.25) is 24.0 Å². The van der Waals surface area contributed by atoms with Crippen LogP contribution in [0, 0.1) is 0 Å². The van der Waals surface area contributed by atoms with Crippen molar-refractivity contribution in [2.75, 3.05) is 13.2 Å². The van der Waals surface area contributed by atoms with E-state index in [1.165, 1.54) is 0 Å². The van der Waals surface area contributed by atoms with Gasteiger partial charge in [-0.25, -0.2) is 4.79 Å². The van der Waals surface area contributed by atoms with E-state index in [9.17, 15) is 33.9 Å². The Balaban J connectivity index is 5.53. The van der Waals surface area contributed by atoms with Gasteiger partial charge in [-0.15, -0.1) is 0 Å². The Labute approximate surface area is 195 Å². The molecule has 0 fully saturated rings. The van der Waals surface area contributed by atoms with E-state index in [2.05, 4.69) is 16.0 Å².